The predicted octanol–water partition coefficient (Wildman–Crippen LogP) is 0.360. The van der Waals surface area contributed by atoms with Crippen molar-refractivity contribution in [3.05, 3.63) is 12.4 Å². The average molecular weight is 258 g/mol. The summed E-state index contributed by atoms with van der Waals surface area (Å²) in [6, 6.07) is 0. The third-order valence-corrected chi connectivity index (χ3v) is 4.78. The van der Waals surface area contributed by atoms with Gasteiger partial charge in [-0.1, -0.05) is 3.77 Å². The van der Waals surface area contributed by atoms with Gasteiger partial charge in [0.1, 0.15) is 9.73 Å². The van der Waals surface area contributed by atoms with Crippen molar-refractivity contribution in [3.8, 4) is 0 Å². The number of rotatable bonds is 2. The van der Waals surface area contributed by atoms with Crippen molar-refractivity contribution in [2.45, 2.75) is 5.16 Å². The molecule has 1 heterocycles. The van der Waals surface area contributed by atoms with Gasteiger partial charge in [-0.05, 0) is 0 Å². The molecule has 1 aromatic rings. The molecule has 0 bridgehead atoms. The molecule has 1 atom stereocenters. The predicted molar refractivity (Wildman–Crippen MR) is 52.7 cm³/mol. The summed E-state index contributed by atoms with van der Waals surface area (Å²) in [6.07, 6.45) is 4.10. The van der Waals surface area contributed by atoms with Crippen LogP contribution < -0.4 is 0 Å². The summed E-state index contributed by atoms with van der Waals surface area (Å²) in [5, 5.41) is 0.0710. The van der Waals surface area contributed by atoms with E-state index in [9.17, 15) is 12.6 Å². The van der Waals surface area contributed by atoms with Gasteiger partial charge in [0.2, 0.25) is 5.16 Å². The van der Waals surface area contributed by atoms with Crippen LogP contribution >= 0.6 is 10.7 Å². The Labute approximate surface area is 86.6 Å². The SMILES string of the molecule is Cn1ccnc1[S@](C)(=O)=NS(=O)(=O)Cl. The summed E-state index contributed by atoms with van der Waals surface area (Å²) in [5.74, 6) is 0. The van der Waals surface area contributed by atoms with Crippen LogP contribution in [-0.2, 0) is 26.0 Å². The maximum Gasteiger partial charge on any atom is 0.347 e. The van der Waals surface area contributed by atoms with Crippen LogP contribution in [0.4, 0.5) is 0 Å². The van der Waals surface area contributed by atoms with Crippen LogP contribution in [0, 0.1) is 0 Å². The van der Waals surface area contributed by atoms with E-state index >= 15 is 0 Å². The molecule has 0 saturated heterocycles. The van der Waals surface area contributed by atoms with Crippen molar-refractivity contribution in [1.29, 1.82) is 0 Å². The fourth-order valence-corrected chi connectivity index (χ4v) is 4.37. The van der Waals surface area contributed by atoms with Gasteiger partial charge in [0, 0.05) is 36.4 Å². The summed E-state index contributed by atoms with van der Waals surface area (Å²) in [6.45, 7) is 0. The molecule has 0 aliphatic heterocycles. The lowest BCUT2D eigenvalue weighted by molar-refractivity contribution is 0.610. The van der Waals surface area contributed by atoms with E-state index in [1.54, 1.807) is 7.05 Å². The zero-order chi connectivity index (χ0) is 11.0. The van der Waals surface area contributed by atoms with Gasteiger partial charge < -0.3 is 4.57 Å². The second kappa shape index (κ2) is 3.52. The number of aromatic nitrogens is 2. The Kier molecular flexibility index (Phi) is 2.88. The van der Waals surface area contributed by atoms with Gasteiger partial charge in [-0.25, -0.2) is 9.19 Å². The zero-order valence-corrected chi connectivity index (χ0v) is 9.80. The van der Waals surface area contributed by atoms with Gasteiger partial charge in [0.05, 0.1) is 0 Å². The smallest absolute Gasteiger partial charge is 0.326 e. The lowest BCUT2D eigenvalue weighted by Gasteiger charge is -2.01. The van der Waals surface area contributed by atoms with Gasteiger partial charge in [-0.3, -0.25) is 0 Å². The minimum Gasteiger partial charge on any atom is -0.326 e. The van der Waals surface area contributed by atoms with Crippen molar-refractivity contribution < 1.29 is 12.6 Å². The molecule has 80 valence electrons. The lowest BCUT2D eigenvalue weighted by atomic mass is 10.9. The number of imidazole rings is 1. The van der Waals surface area contributed by atoms with E-state index in [2.05, 4.69) is 8.75 Å². The minimum atomic E-state index is -4.16. The maximum atomic E-state index is 11.8. The van der Waals surface area contributed by atoms with E-state index in [0.29, 0.717) is 0 Å². The molecule has 0 N–H and O–H groups in total. The molecule has 0 unspecified atom stereocenters. The van der Waals surface area contributed by atoms with Crippen LogP contribution in [-0.4, -0.2) is 28.4 Å². The van der Waals surface area contributed by atoms with Crippen molar-refractivity contribution in [3.63, 3.8) is 0 Å². The molecule has 0 spiro atoms. The summed E-state index contributed by atoms with van der Waals surface area (Å²) in [4.78, 5) is 3.74. The van der Waals surface area contributed by atoms with Crippen LogP contribution in [0.25, 0.3) is 0 Å². The Morgan fingerprint density at radius 1 is 1.50 bits per heavy atom. The van der Waals surface area contributed by atoms with Gasteiger partial charge in [0.25, 0.3) is 0 Å². The maximum absolute atomic E-state index is 11.8. The summed E-state index contributed by atoms with van der Waals surface area (Å²) < 4.78 is 37.5. The zero-order valence-electron chi connectivity index (χ0n) is 7.42. The number of nitrogens with zero attached hydrogens (tertiary/aromatic N) is 3. The third-order valence-electron chi connectivity index (χ3n) is 1.35. The number of hydrogen-bond acceptors (Lipinski definition) is 4. The largest absolute Gasteiger partial charge is 0.347 e. The number of halogens is 1. The average Bonchev–Trinajstić information content (AvgIpc) is 2.29. The van der Waals surface area contributed by atoms with Crippen molar-refractivity contribution in [2.75, 3.05) is 6.26 Å². The van der Waals surface area contributed by atoms with E-state index < -0.39 is 19.0 Å². The summed E-state index contributed by atoms with van der Waals surface area (Å²) >= 11 is 0. The van der Waals surface area contributed by atoms with E-state index in [4.69, 9.17) is 10.7 Å². The Bertz CT molecular complexity index is 553. The van der Waals surface area contributed by atoms with E-state index in [-0.39, 0.29) is 5.16 Å². The first kappa shape index (κ1) is 11.5. The van der Waals surface area contributed by atoms with Crippen LogP contribution in [0.2, 0.25) is 0 Å². The molecule has 14 heavy (non-hydrogen) atoms. The van der Waals surface area contributed by atoms with Crippen LogP contribution in [0.15, 0.2) is 21.3 Å². The monoisotopic (exact) mass is 257 g/mol. The molecule has 6 nitrogen and oxygen atoms in total. The second-order valence-corrected chi connectivity index (χ2v) is 7.17. The van der Waals surface area contributed by atoms with Crippen LogP contribution in [0.3, 0.4) is 0 Å². The van der Waals surface area contributed by atoms with Crippen molar-refractivity contribution in [2.24, 2.45) is 10.8 Å². The molecule has 0 saturated carbocycles. The van der Waals surface area contributed by atoms with E-state index in [0.717, 1.165) is 6.26 Å². The van der Waals surface area contributed by atoms with Gasteiger partial charge in [-0.2, -0.15) is 8.42 Å². The highest BCUT2D eigenvalue weighted by Crippen LogP contribution is 2.11. The van der Waals surface area contributed by atoms with Crippen molar-refractivity contribution >= 4 is 29.6 Å². The first-order valence-electron chi connectivity index (χ1n) is 3.38. The molecule has 1 aromatic heterocycles. The van der Waals surface area contributed by atoms with Crippen molar-refractivity contribution in [1.82, 2.24) is 9.55 Å². The Morgan fingerprint density at radius 2 is 2.07 bits per heavy atom. The Morgan fingerprint density at radius 3 is 2.43 bits per heavy atom. The Hall–Kier alpha value is -0.600. The Balaban J connectivity index is 3.44. The van der Waals surface area contributed by atoms with Gasteiger partial charge in [0.15, 0.2) is 0 Å². The first-order chi connectivity index (χ1) is 6.22. The molecule has 0 aromatic carbocycles. The molecule has 0 amide bonds. The first-order valence-corrected chi connectivity index (χ1v) is 7.57. The highest BCUT2D eigenvalue weighted by atomic mass is 35.7. The topological polar surface area (TPSA) is 81.4 Å². The fraction of sp³-hybridized carbons (Fsp3) is 0.400. The molecular formula is C5H8ClN3O3S2. The minimum absolute atomic E-state index is 0.0710. The molecule has 0 aliphatic rings. The molecule has 1 rings (SSSR count). The third kappa shape index (κ3) is 2.69. The highest BCUT2D eigenvalue weighted by Gasteiger charge is 2.15. The fourth-order valence-electron chi connectivity index (χ4n) is 0.920. The summed E-state index contributed by atoms with van der Waals surface area (Å²) in [5.41, 5.74) is 0. The second-order valence-electron chi connectivity index (χ2n) is 2.61. The molecule has 0 fully saturated rings. The highest BCUT2D eigenvalue weighted by molar-refractivity contribution is 8.17. The van der Waals surface area contributed by atoms with E-state index in [1.807, 2.05) is 0 Å². The normalized spacial score (nSPS) is 16.2. The number of hydrogen-bond donors (Lipinski definition) is 0. The lowest BCUT2D eigenvalue weighted by Crippen LogP contribution is -2.07. The molecule has 9 heteroatoms. The standard InChI is InChI=1S/C5H8ClN3O3S2/c1-9-4-3-7-5(9)13(2,10)8-14(6,11)12/h3-4H,1-2H3/t13-/m0/s1. The summed E-state index contributed by atoms with van der Waals surface area (Å²) in [7, 11) is -0.793. The van der Waals surface area contributed by atoms with Crippen LogP contribution in [0.5, 0.6) is 0 Å². The molecule has 0 aliphatic carbocycles. The van der Waals surface area contributed by atoms with Gasteiger partial charge in [-0.15, -0.1) is 0 Å². The molecular weight excluding hydrogens is 250 g/mol. The van der Waals surface area contributed by atoms with Crippen LogP contribution in [0.1, 0.15) is 0 Å². The molecule has 0 radical (unpaired) electrons. The van der Waals surface area contributed by atoms with E-state index in [1.165, 1.54) is 17.0 Å². The quantitative estimate of drug-likeness (QED) is 0.717. The van der Waals surface area contributed by atoms with Gasteiger partial charge >= 0.3 is 9.24 Å². The number of aryl methyl sites for hydroxylation is 1.